The van der Waals surface area contributed by atoms with Gasteiger partial charge in [-0.15, -0.1) is 0 Å². The molecule has 156 valence electrons. The van der Waals surface area contributed by atoms with Crippen LogP contribution in [-0.2, 0) is 11.3 Å². The molecule has 0 bridgehead atoms. The topological polar surface area (TPSA) is 146 Å². The van der Waals surface area contributed by atoms with Crippen molar-refractivity contribution in [3.63, 3.8) is 0 Å². The van der Waals surface area contributed by atoms with E-state index in [2.05, 4.69) is 5.32 Å². The number of aliphatic hydroxyl groups is 2. The normalized spacial score (nSPS) is 12.9. The van der Waals surface area contributed by atoms with Crippen LogP contribution in [0.2, 0.25) is 0 Å². The fourth-order valence-electron chi connectivity index (χ4n) is 2.77. The third-order valence-electron chi connectivity index (χ3n) is 4.36. The Balaban J connectivity index is 1.62. The van der Waals surface area contributed by atoms with E-state index in [1.807, 2.05) is 18.2 Å². The van der Waals surface area contributed by atoms with Gasteiger partial charge in [0.2, 0.25) is 0 Å². The second-order valence-electron chi connectivity index (χ2n) is 6.50. The summed E-state index contributed by atoms with van der Waals surface area (Å²) in [7, 11) is 0. The van der Waals surface area contributed by atoms with Crippen LogP contribution in [0.4, 0.5) is 4.79 Å². The molecular formula is C21H19NO8. The number of carboxylic acid groups (broad SMARTS) is 1. The van der Waals surface area contributed by atoms with E-state index >= 15 is 0 Å². The fraction of sp³-hybridized carbons (Fsp3) is 0.190. The molecule has 1 aromatic heterocycles. The summed E-state index contributed by atoms with van der Waals surface area (Å²) >= 11 is 0. The van der Waals surface area contributed by atoms with Crippen molar-refractivity contribution in [1.82, 2.24) is 5.32 Å². The summed E-state index contributed by atoms with van der Waals surface area (Å²) in [5.74, 6) is -1.44. The Morgan fingerprint density at radius 1 is 1.07 bits per heavy atom. The lowest BCUT2D eigenvalue weighted by Gasteiger charge is -2.19. The molecule has 9 nitrogen and oxygen atoms in total. The van der Waals surface area contributed by atoms with Gasteiger partial charge in [-0.25, -0.2) is 14.4 Å². The number of fused-ring (bicyclic) bond motifs is 1. The van der Waals surface area contributed by atoms with Crippen LogP contribution in [0.15, 0.2) is 63.8 Å². The minimum atomic E-state index is -1.44. The largest absolute Gasteiger partial charge is 0.477 e. The predicted molar refractivity (Wildman–Crippen MR) is 105 cm³/mol. The van der Waals surface area contributed by atoms with Gasteiger partial charge in [0.1, 0.15) is 30.0 Å². The van der Waals surface area contributed by atoms with E-state index < -0.39 is 35.5 Å². The molecule has 0 spiro atoms. The molecule has 0 saturated carbocycles. The number of aromatic carboxylic acids is 1. The maximum Gasteiger partial charge on any atom is 0.407 e. The Bertz CT molecular complexity index is 1110. The van der Waals surface area contributed by atoms with Gasteiger partial charge in [0.15, 0.2) is 0 Å². The first-order valence-electron chi connectivity index (χ1n) is 8.97. The van der Waals surface area contributed by atoms with Crippen LogP contribution in [0, 0.1) is 0 Å². The Hall–Kier alpha value is -3.69. The number of aliphatic hydroxyl groups excluding tert-OH is 2. The highest BCUT2D eigenvalue weighted by atomic mass is 16.5. The highest BCUT2D eigenvalue weighted by Crippen LogP contribution is 2.22. The lowest BCUT2D eigenvalue weighted by Crippen LogP contribution is -2.35. The van der Waals surface area contributed by atoms with E-state index in [1.165, 1.54) is 18.2 Å². The molecule has 30 heavy (non-hydrogen) atoms. The van der Waals surface area contributed by atoms with Crippen LogP contribution in [0.3, 0.4) is 0 Å². The van der Waals surface area contributed by atoms with Gasteiger partial charge in [-0.3, -0.25) is 0 Å². The summed E-state index contributed by atoms with van der Waals surface area (Å²) in [5.41, 5.74) is -0.339. The zero-order valence-electron chi connectivity index (χ0n) is 15.6. The minimum Gasteiger partial charge on any atom is -0.477 e. The molecule has 2 unspecified atom stereocenters. The van der Waals surface area contributed by atoms with Crippen molar-refractivity contribution in [1.29, 1.82) is 0 Å². The molecule has 9 heteroatoms. The van der Waals surface area contributed by atoms with Gasteiger partial charge in [-0.2, -0.15) is 0 Å². The van der Waals surface area contributed by atoms with Crippen molar-refractivity contribution in [3.05, 3.63) is 81.7 Å². The first kappa shape index (κ1) is 21.0. The quantitative estimate of drug-likeness (QED) is 0.429. The van der Waals surface area contributed by atoms with Crippen LogP contribution in [-0.4, -0.2) is 40.0 Å². The Morgan fingerprint density at radius 3 is 2.50 bits per heavy atom. The van der Waals surface area contributed by atoms with Gasteiger partial charge in [0.25, 0.3) is 0 Å². The first-order chi connectivity index (χ1) is 14.3. The number of carboxylic acids is 1. The van der Waals surface area contributed by atoms with Crippen molar-refractivity contribution < 1.29 is 34.1 Å². The molecule has 0 radical (unpaired) electrons. The highest BCUT2D eigenvalue weighted by Gasteiger charge is 2.21. The molecule has 0 aliphatic rings. The number of benzene rings is 2. The number of carbonyl (C=O) groups is 2. The van der Waals surface area contributed by atoms with Gasteiger partial charge in [-0.1, -0.05) is 36.4 Å². The average molecular weight is 413 g/mol. The summed E-state index contributed by atoms with van der Waals surface area (Å²) in [5, 5.41) is 32.2. The molecule has 1 amide bonds. The number of ether oxygens (including phenoxy) is 1. The molecule has 0 aliphatic heterocycles. The third-order valence-corrected chi connectivity index (χ3v) is 4.36. The van der Waals surface area contributed by atoms with Crippen LogP contribution < -0.4 is 10.9 Å². The van der Waals surface area contributed by atoms with Gasteiger partial charge in [0.05, 0.1) is 0 Å². The minimum absolute atomic E-state index is 0.0626. The number of carbonyl (C=O) groups excluding carboxylic acids is 1. The molecule has 3 rings (SSSR count). The van der Waals surface area contributed by atoms with Crippen molar-refractivity contribution in [2.45, 2.75) is 18.8 Å². The third kappa shape index (κ3) is 5.02. The smallest absolute Gasteiger partial charge is 0.407 e. The van der Waals surface area contributed by atoms with Gasteiger partial charge >= 0.3 is 17.7 Å². The Kier molecular flexibility index (Phi) is 6.45. The second-order valence-corrected chi connectivity index (χ2v) is 6.50. The monoisotopic (exact) mass is 413 g/mol. The molecule has 2 aromatic carbocycles. The van der Waals surface area contributed by atoms with Crippen molar-refractivity contribution in [2.75, 3.05) is 6.54 Å². The Morgan fingerprint density at radius 2 is 1.80 bits per heavy atom. The fourth-order valence-corrected chi connectivity index (χ4v) is 2.77. The molecule has 2 atom stereocenters. The molecule has 4 N–H and O–H groups in total. The van der Waals surface area contributed by atoms with E-state index in [-0.39, 0.29) is 29.7 Å². The first-order valence-corrected chi connectivity index (χ1v) is 8.97. The number of hydrogen-bond donors (Lipinski definition) is 4. The standard InChI is InChI=1S/C21H19NO8/c23-16(10-22-21(28)29-11-12-4-2-1-3-5-12)18(24)13-6-7-17-14(8-13)9-15(19(25)26)20(27)30-17/h1-9,16,18,23-24H,10-11H2,(H,22,28)(H,25,26). The van der Waals surface area contributed by atoms with Crippen molar-refractivity contribution in [2.24, 2.45) is 0 Å². The number of nitrogens with one attached hydrogen (secondary N) is 1. The zero-order chi connectivity index (χ0) is 21.7. The van der Waals surface area contributed by atoms with E-state index in [1.54, 1.807) is 12.1 Å². The lowest BCUT2D eigenvalue weighted by atomic mass is 10.0. The molecular weight excluding hydrogens is 394 g/mol. The average Bonchev–Trinajstić information content (AvgIpc) is 2.75. The van der Waals surface area contributed by atoms with Crippen molar-refractivity contribution >= 4 is 23.0 Å². The van der Waals surface area contributed by atoms with Gasteiger partial charge in [-0.05, 0) is 29.3 Å². The summed E-state index contributed by atoms with van der Waals surface area (Å²) in [4.78, 5) is 34.5. The molecule has 0 fully saturated rings. The maximum absolute atomic E-state index is 11.8. The van der Waals surface area contributed by atoms with E-state index in [0.29, 0.717) is 0 Å². The number of alkyl carbamates (subject to hydrolysis) is 1. The van der Waals surface area contributed by atoms with Crippen LogP contribution in [0.5, 0.6) is 0 Å². The van der Waals surface area contributed by atoms with Crippen molar-refractivity contribution in [3.8, 4) is 0 Å². The summed E-state index contributed by atoms with van der Waals surface area (Å²) < 4.78 is 9.97. The molecule has 0 aliphatic carbocycles. The molecule has 1 heterocycles. The number of amides is 1. The lowest BCUT2D eigenvalue weighted by molar-refractivity contribution is 0.0185. The summed E-state index contributed by atoms with van der Waals surface area (Å²) in [6, 6.07) is 14.4. The Labute approximate surface area is 170 Å². The second kappa shape index (κ2) is 9.21. The van der Waals surface area contributed by atoms with E-state index in [9.17, 15) is 24.6 Å². The van der Waals surface area contributed by atoms with Crippen LogP contribution >= 0.6 is 0 Å². The molecule has 0 saturated heterocycles. The van der Waals surface area contributed by atoms with Crippen LogP contribution in [0.25, 0.3) is 11.0 Å². The van der Waals surface area contributed by atoms with Crippen LogP contribution in [0.1, 0.15) is 27.6 Å². The maximum atomic E-state index is 11.8. The van der Waals surface area contributed by atoms with E-state index in [4.69, 9.17) is 14.3 Å². The van der Waals surface area contributed by atoms with Gasteiger partial charge < -0.3 is 29.8 Å². The summed E-state index contributed by atoms with van der Waals surface area (Å²) in [6.45, 7) is -0.218. The highest BCUT2D eigenvalue weighted by molar-refractivity contribution is 5.91. The number of rotatable bonds is 7. The van der Waals surface area contributed by atoms with Gasteiger partial charge in [0, 0.05) is 11.9 Å². The SMILES string of the molecule is O=C(NCC(O)C(O)c1ccc2oc(=O)c(C(=O)O)cc2c1)OCc1ccccc1. The predicted octanol–water partition coefficient (Wildman–Crippen LogP) is 1.81. The summed E-state index contributed by atoms with van der Waals surface area (Å²) in [6.07, 6.45) is -3.50. The zero-order valence-corrected chi connectivity index (χ0v) is 15.6. The molecule has 3 aromatic rings. The van der Waals surface area contributed by atoms with E-state index in [0.717, 1.165) is 11.6 Å². The number of hydrogen-bond acceptors (Lipinski definition) is 7.